The Morgan fingerprint density at radius 1 is 1.19 bits per heavy atom. The van der Waals surface area contributed by atoms with E-state index in [1.54, 1.807) is 0 Å². The van der Waals surface area contributed by atoms with E-state index in [1.807, 2.05) is 17.5 Å². The summed E-state index contributed by atoms with van der Waals surface area (Å²) in [6.45, 7) is 3.35. The molecule has 0 amide bonds. The van der Waals surface area contributed by atoms with Gasteiger partial charge in [0.2, 0.25) is 0 Å². The average molecular weight is 299 g/mol. The number of rotatable bonds is 3. The van der Waals surface area contributed by atoms with Gasteiger partial charge in [-0.25, -0.2) is 4.98 Å². The molecule has 2 aromatic rings. The van der Waals surface area contributed by atoms with Crippen LogP contribution in [0.5, 0.6) is 0 Å². The number of nitrogens with two attached hydrogens (primary N) is 1. The highest BCUT2D eigenvalue weighted by Crippen LogP contribution is 2.38. The Labute approximate surface area is 129 Å². The highest BCUT2D eigenvalue weighted by Gasteiger charge is 2.40. The van der Waals surface area contributed by atoms with Gasteiger partial charge in [-0.3, -0.25) is 4.90 Å². The highest BCUT2D eigenvalue weighted by atomic mass is 32.1. The number of fused-ring (bicyclic) bond motifs is 1. The molecule has 21 heavy (non-hydrogen) atoms. The van der Waals surface area contributed by atoms with Gasteiger partial charge >= 0.3 is 0 Å². The molecule has 0 spiro atoms. The van der Waals surface area contributed by atoms with E-state index in [2.05, 4.69) is 40.2 Å². The molecule has 2 fully saturated rings. The van der Waals surface area contributed by atoms with Crippen LogP contribution in [-0.2, 0) is 6.54 Å². The third kappa shape index (κ3) is 2.63. The van der Waals surface area contributed by atoms with Crippen molar-refractivity contribution in [2.24, 2.45) is 17.6 Å². The topological polar surface area (TPSA) is 42.1 Å². The second kappa shape index (κ2) is 5.52. The van der Waals surface area contributed by atoms with E-state index in [4.69, 9.17) is 5.73 Å². The van der Waals surface area contributed by atoms with Gasteiger partial charge in [0.1, 0.15) is 5.01 Å². The van der Waals surface area contributed by atoms with Crippen LogP contribution < -0.4 is 5.73 Å². The third-order valence-electron chi connectivity index (χ3n) is 4.96. The van der Waals surface area contributed by atoms with Crippen LogP contribution in [0.15, 0.2) is 36.5 Å². The Kier molecular flexibility index (Phi) is 3.53. The Morgan fingerprint density at radius 3 is 2.86 bits per heavy atom. The molecule has 0 radical (unpaired) electrons. The smallest absolute Gasteiger partial charge is 0.107 e. The van der Waals surface area contributed by atoms with E-state index < -0.39 is 0 Å². The lowest BCUT2D eigenvalue weighted by Crippen LogP contribution is -2.30. The summed E-state index contributed by atoms with van der Waals surface area (Å²) in [6, 6.07) is 10.9. The monoisotopic (exact) mass is 299 g/mol. The zero-order valence-electron chi connectivity index (χ0n) is 12.1. The van der Waals surface area contributed by atoms with Crippen LogP contribution in [0.4, 0.5) is 0 Å². The third-order valence-corrected chi connectivity index (χ3v) is 5.99. The summed E-state index contributed by atoms with van der Waals surface area (Å²) >= 11 is 1.82. The fraction of sp³-hybridized carbons (Fsp3) is 0.471. The van der Waals surface area contributed by atoms with Gasteiger partial charge in [-0.15, -0.1) is 11.3 Å². The van der Waals surface area contributed by atoms with E-state index >= 15 is 0 Å². The van der Waals surface area contributed by atoms with Gasteiger partial charge in [0, 0.05) is 25.3 Å². The van der Waals surface area contributed by atoms with Crippen molar-refractivity contribution in [2.75, 3.05) is 13.1 Å². The van der Waals surface area contributed by atoms with E-state index in [9.17, 15) is 0 Å². The largest absolute Gasteiger partial charge is 0.327 e. The van der Waals surface area contributed by atoms with Gasteiger partial charge in [0.15, 0.2) is 0 Å². The molecule has 4 heteroatoms. The summed E-state index contributed by atoms with van der Waals surface area (Å²) in [7, 11) is 0. The van der Waals surface area contributed by atoms with Gasteiger partial charge in [-0.2, -0.15) is 0 Å². The summed E-state index contributed by atoms with van der Waals surface area (Å²) in [6.07, 6.45) is 4.55. The van der Waals surface area contributed by atoms with E-state index in [0.717, 1.165) is 24.9 Å². The maximum Gasteiger partial charge on any atom is 0.107 e. The van der Waals surface area contributed by atoms with Crippen LogP contribution in [0, 0.1) is 11.8 Å². The normalized spacial score (nSPS) is 28.9. The number of thiazole rings is 1. The summed E-state index contributed by atoms with van der Waals surface area (Å²) < 4.78 is 0. The molecule has 1 aliphatic heterocycles. The van der Waals surface area contributed by atoms with E-state index in [1.165, 1.54) is 34.8 Å². The van der Waals surface area contributed by atoms with Crippen molar-refractivity contribution in [1.29, 1.82) is 0 Å². The van der Waals surface area contributed by atoms with Gasteiger partial charge in [0.05, 0.1) is 11.4 Å². The summed E-state index contributed by atoms with van der Waals surface area (Å²) in [5, 5.41) is 1.22. The van der Waals surface area contributed by atoms with Gasteiger partial charge in [-0.05, 0) is 30.2 Å². The minimum Gasteiger partial charge on any atom is -0.327 e. The van der Waals surface area contributed by atoms with E-state index in [0.29, 0.717) is 6.04 Å². The zero-order valence-corrected chi connectivity index (χ0v) is 12.9. The molecule has 1 saturated carbocycles. The van der Waals surface area contributed by atoms with Crippen molar-refractivity contribution in [3.8, 4) is 10.4 Å². The molecular weight excluding hydrogens is 278 g/mol. The second-order valence-electron chi connectivity index (χ2n) is 6.34. The predicted octanol–water partition coefficient (Wildman–Crippen LogP) is 2.98. The highest BCUT2D eigenvalue weighted by molar-refractivity contribution is 7.15. The molecule has 2 heterocycles. The van der Waals surface area contributed by atoms with Crippen molar-refractivity contribution < 1.29 is 0 Å². The Bertz CT molecular complexity index is 610. The lowest BCUT2D eigenvalue weighted by atomic mass is 9.98. The number of hydrogen-bond donors (Lipinski definition) is 1. The maximum atomic E-state index is 6.22. The summed E-state index contributed by atoms with van der Waals surface area (Å²) in [5.41, 5.74) is 7.48. The summed E-state index contributed by atoms with van der Waals surface area (Å²) in [4.78, 5) is 8.42. The van der Waals surface area contributed by atoms with Crippen molar-refractivity contribution in [3.05, 3.63) is 41.5 Å². The Morgan fingerprint density at radius 2 is 2.05 bits per heavy atom. The minimum atomic E-state index is 0.427. The molecule has 3 atom stereocenters. The molecule has 2 aliphatic rings. The van der Waals surface area contributed by atoms with Crippen LogP contribution >= 0.6 is 11.3 Å². The van der Waals surface area contributed by atoms with Gasteiger partial charge in [0.25, 0.3) is 0 Å². The first-order valence-electron chi connectivity index (χ1n) is 7.77. The number of likely N-dealkylation sites (tertiary alicyclic amines) is 1. The molecular formula is C17H21N3S. The van der Waals surface area contributed by atoms with E-state index in [-0.39, 0.29) is 0 Å². The molecule has 3 nitrogen and oxygen atoms in total. The van der Waals surface area contributed by atoms with Crippen LogP contribution in [0.3, 0.4) is 0 Å². The molecule has 4 rings (SSSR count). The lowest BCUT2D eigenvalue weighted by Gasteiger charge is -2.16. The van der Waals surface area contributed by atoms with Crippen molar-refractivity contribution in [1.82, 2.24) is 9.88 Å². The van der Waals surface area contributed by atoms with Crippen LogP contribution in [0.2, 0.25) is 0 Å². The van der Waals surface area contributed by atoms with Crippen molar-refractivity contribution >= 4 is 11.3 Å². The number of aromatic nitrogens is 1. The first kappa shape index (κ1) is 13.4. The Balaban J connectivity index is 1.44. The first-order chi connectivity index (χ1) is 10.3. The molecule has 1 aromatic heterocycles. The van der Waals surface area contributed by atoms with Gasteiger partial charge in [-0.1, -0.05) is 30.3 Å². The fourth-order valence-electron chi connectivity index (χ4n) is 3.84. The van der Waals surface area contributed by atoms with Crippen LogP contribution in [0.25, 0.3) is 10.4 Å². The number of hydrogen-bond acceptors (Lipinski definition) is 4. The number of benzene rings is 1. The maximum absolute atomic E-state index is 6.22. The molecule has 2 N–H and O–H groups in total. The standard InChI is InChI=1S/C17H21N3S/c18-15-7-6-13-9-20(10-14(13)15)11-17-19-8-16(21-17)12-4-2-1-3-5-12/h1-5,8,13-15H,6-7,9-11,18H2. The molecule has 1 saturated heterocycles. The molecule has 110 valence electrons. The van der Waals surface area contributed by atoms with Crippen LogP contribution in [-0.4, -0.2) is 29.0 Å². The first-order valence-corrected chi connectivity index (χ1v) is 8.59. The molecule has 1 aromatic carbocycles. The van der Waals surface area contributed by atoms with Crippen molar-refractivity contribution in [3.63, 3.8) is 0 Å². The Hall–Kier alpha value is -1.23. The molecule has 1 aliphatic carbocycles. The SMILES string of the molecule is NC1CCC2CN(Cc3ncc(-c4ccccc4)s3)CC12. The molecule has 0 bridgehead atoms. The van der Waals surface area contributed by atoms with Crippen molar-refractivity contribution in [2.45, 2.75) is 25.4 Å². The lowest BCUT2D eigenvalue weighted by molar-refractivity contribution is 0.298. The predicted molar refractivity (Wildman–Crippen MR) is 87.0 cm³/mol. The average Bonchev–Trinajstić information content (AvgIpc) is 3.19. The fourth-order valence-corrected chi connectivity index (χ4v) is 4.81. The summed E-state index contributed by atoms with van der Waals surface area (Å²) in [5.74, 6) is 1.55. The minimum absolute atomic E-state index is 0.427. The van der Waals surface area contributed by atoms with Gasteiger partial charge < -0.3 is 5.73 Å². The zero-order chi connectivity index (χ0) is 14.2. The number of nitrogens with zero attached hydrogens (tertiary/aromatic N) is 2. The quantitative estimate of drug-likeness (QED) is 0.947. The second-order valence-corrected chi connectivity index (χ2v) is 7.46. The van der Waals surface area contributed by atoms with Crippen LogP contribution in [0.1, 0.15) is 17.8 Å². The molecule has 3 unspecified atom stereocenters.